The number of pyridine rings is 4. The summed E-state index contributed by atoms with van der Waals surface area (Å²) in [5, 5.41) is 17.6. The summed E-state index contributed by atoms with van der Waals surface area (Å²) in [5.74, 6) is 0.789. The van der Waals surface area contributed by atoms with Crippen LogP contribution in [0.2, 0.25) is 0 Å². The van der Waals surface area contributed by atoms with Crippen LogP contribution in [0.4, 0.5) is 14.4 Å². The van der Waals surface area contributed by atoms with E-state index in [2.05, 4.69) is 44.3 Å². The van der Waals surface area contributed by atoms with Gasteiger partial charge in [-0.1, -0.05) is 95.1 Å². The van der Waals surface area contributed by atoms with Gasteiger partial charge in [0.25, 0.3) is 22.9 Å². The quantitative estimate of drug-likeness (QED) is 0.0142. The van der Waals surface area contributed by atoms with Crippen LogP contribution in [-0.2, 0) is 106 Å². The van der Waals surface area contributed by atoms with Gasteiger partial charge in [-0.2, -0.15) is 0 Å². The van der Waals surface area contributed by atoms with Crippen LogP contribution in [0.25, 0.3) is 44.6 Å². The van der Waals surface area contributed by atoms with Crippen LogP contribution in [0.3, 0.4) is 0 Å². The molecule has 117 heavy (non-hydrogen) atoms. The molecule has 4 aromatic carbocycles. The van der Waals surface area contributed by atoms with Gasteiger partial charge in [-0.25, -0.2) is 33.9 Å². The summed E-state index contributed by atoms with van der Waals surface area (Å²) < 4.78 is 47.3. The zero-order valence-electron chi connectivity index (χ0n) is 67.2. The summed E-state index contributed by atoms with van der Waals surface area (Å²) in [6.45, 7) is 23.8. The van der Waals surface area contributed by atoms with Crippen LogP contribution in [0.15, 0.2) is 107 Å². The number of cyclic esters (lactones) is 2. The zero-order valence-corrected chi connectivity index (χ0v) is 70.5. The number of hydrogen-bond acceptors (Lipinski definition) is 28. The van der Waals surface area contributed by atoms with Gasteiger partial charge in [0.2, 0.25) is 11.2 Å². The van der Waals surface area contributed by atoms with Crippen molar-refractivity contribution in [3.63, 3.8) is 0 Å². The standard InChI is InChI=1S/C45H53N5O10S2.C40H45N5O8S2/c1-7-31-32-23-30(58-43(55)59-44(3,4)5)13-14-36(32)47-38-33(31)26-50-37(38)24-35-34(40(50)52)27-57-41(53)45(35,8-2)60-42(54)56-20-22-62-61-21-15-46-39(51)29-11-9-28(10-12-29)25-49-18-16-48(6)17-19-49;1-4-28-29-20-27(46)10-11-33(29)42-35-30(28)23-45-34(35)21-32-31(37(45)48)24-52-38(49)40(32,5-2)53-39(50)51-17-19-55-54-18-12-41-36(47)26-8-6-25(7-9-26)22-44-15-13-43(3)14-16-44/h9-14,23-24H,7-8,15-22,25-27H2,1-6H3,(H,46,51);6-11,20-21,46H,4-5,12-19,22-24H2,1-3H3,(H,41,47)/t45-;40-/m00/s1. The monoisotopic (exact) mass is 1670 g/mol. The molecule has 2 fully saturated rings. The molecular weight excluding hydrogens is 1580 g/mol. The van der Waals surface area contributed by atoms with Gasteiger partial charge in [0, 0.05) is 146 Å². The second kappa shape index (κ2) is 37.5. The number of piperazine rings is 2. The van der Waals surface area contributed by atoms with E-state index < -0.39 is 47.2 Å². The number of hydrogen-bond donors (Lipinski definition) is 3. The van der Waals surface area contributed by atoms with Crippen molar-refractivity contribution in [3.8, 4) is 34.3 Å². The number of phenolic OH excluding ortho intramolecular Hbond substituents is 1. The number of benzene rings is 4. The number of carbonyl (C=O) groups excluding carboxylic acids is 7. The van der Waals surface area contributed by atoms with Crippen molar-refractivity contribution in [2.24, 2.45) is 0 Å². The molecule has 2 atom stereocenters. The number of nitrogens with zero attached hydrogens (tertiary/aromatic N) is 8. The van der Waals surface area contributed by atoms with Gasteiger partial charge >= 0.3 is 30.4 Å². The van der Waals surface area contributed by atoms with E-state index in [-0.39, 0.29) is 103 Å². The zero-order chi connectivity index (χ0) is 82.9. The smallest absolute Gasteiger partial charge is 0.508 e. The molecular formula is C85H98N10O18S4. The number of fused-ring (bicyclic) bond motifs is 10. The molecule has 620 valence electrons. The van der Waals surface area contributed by atoms with E-state index in [9.17, 15) is 48.3 Å². The van der Waals surface area contributed by atoms with Gasteiger partial charge in [0.15, 0.2) is 0 Å². The first-order chi connectivity index (χ1) is 56.3. The number of amides is 2. The van der Waals surface area contributed by atoms with Crippen molar-refractivity contribution >= 4 is 107 Å². The summed E-state index contributed by atoms with van der Waals surface area (Å²) in [6.07, 6.45) is -1.67. The summed E-state index contributed by atoms with van der Waals surface area (Å²) in [4.78, 5) is 138. The van der Waals surface area contributed by atoms with E-state index in [1.54, 1.807) is 92.3 Å². The van der Waals surface area contributed by atoms with Crippen LogP contribution in [-0.4, -0.2) is 207 Å². The van der Waals surface area contributed by atoms with Gasteiger partial charge in [0.05, 0.1) is 58.0 Å². The van der Waals surface area contributed by atoms with Crippen molar-refractivity contribution in [2.75, 3.05) is 116 Å². The Bertz CT molecular complexity index is 5220. The number of aryl methyl sites for hydroxylation is 2. The lowest BCUT2D eigenvalue weighted by Crippen LogP contribution is -2.47. The number of aromatic nitrogens is 4. The largest absolute Gasteiger partial charge is 0.514 e. The number of nitrogens with one attached hydrogen (secondary N) is 2. The highest BCUT2D eigenvalue weighted by Gasteiger charge is 2.53. The van der Waals surface area contributed by atoms with E-state index in [1.807, 2.05) is 62.4 Å². The van der Waals surface area contributed by atoms with Crippen LogP contribution in [0.1, 0.15) is 138 Å². The minimum absolute atomic E-state index is 0.00652. The normalized spacial score (nSPS) is 17.7. The first-order valence-electron chi connectivity index (χ1n) is 39.5. The van der Waals surface area contributed by atoms with Crippen molar-refractivity contribution in [1.29, 1.82) is 0 Å². The second-order valence-electron chi connectivity index (χ2n) is 30.4. The number of phenols is 1. The molecule has 28 nitrogen and oxygen atoms in total. The van der Waals surface area contributed by atoms with Gasteiger partial charge in [0.1, 0.15) is 43.5 Å². The van der Waals surface area contributed by atoms with Gasteiger partial charge in [-0.05, 0) is 156 Å². The summed E-state index contributed by atoms with van der Waals surface area (Å²) in [7, 11) is 10.3. The van der Waals surface area contributed by atoms with E-state index in [0.717, 1.165) is 98.5 Å². The lowest BCUT2D eigenvalue weighted by atomic mass is 9.85. The lowest BCUT2D eigenvalue weighted by molar-refractivity contribution is -0.175. The average molecular weight is 1680 g/mol. The fourth-order valence-electron chi connectivity index (χ4n) is 15.4. The fourth-order valence-corrected chi connectivity index (χ4v) is 18.9. The third kappa shape index (κ3) is 19.2. The third-order valence-corrected chi connectivity index (χ3v) is 26.4. The highest BCUT2D eigenvalue weighted by Crippen LogP contribution is 2.46. The molecule has 8 aromatic rings. The molecule has 2 saturated heterocycles. The predicted molar refractivity (Wildman–Crippen MR) is 450 cm³/mol. The Morgan fingerprint density at radius 1 is 0.521 bits per heavy atom. The first kappa shape index (κ1) is 85.2. The van der Waals surface area contributed by atoms with Crippen LogP contribution in [0.5, 0.6) is 11.5 Å². The molecule has 0 unspecified atom stereocenters. The number of ether oxygens (including phenoxy) is 8. The van der Waals surface area contributed by atoms with Crippen LogP contribution in [0, 0.1) is 0 Å². The topological polar surface area (TPSA) is 320 Å². The Morgan fingerprint density at radius 2 is 0.940 bits per heavy atom. The molecule has 6 aliphatic heterocycles. The van der Waals surface area contributed by atoms with E-state index in [4.69, 9.17) is 47.9 Å². The minimum Gasteiger partial charge on any atom is -0.508 e. The maximum atomic E-state index is 14.1. The summed E-state index contributed by atoms with van der Waals surface area (Å²) >= 11 is 0. The number of likely N-dealkylation sites (N-methyl/N-ethyl adjacent to an activating group) is 2. The molecule has 14 rings (SSSR count). The Labute approximate surface area is 693 Å². The molecule has 10 heterocycles. The molecule has 0 bridgehead atoms. The Kier molecular flexibility index (Phi) is 27.3. The third-order valence-electron chi connectivity index (χ3n) is 21.6. The Morgan fingerprint density at radius 3 is 1.36 bits per heavy atom. The number of esters is 2. The van der Waals surface area contributed by atoms with E-state index in [0.29, 0.717) is 99.6 Å². The predicted octanol–water partition coefficient (Wildman–Crippen LogP) is 11.7. The fraction of sp³-hybridized carbons (Fsp3) is 0.447. The maximum absolute atomic E-state index is 14.1. The van der Waals surface area contributed by atoms with Gasteiger partial charge < -0.3 is 72.6 Å². The first-order valence-corrected chi connectivity index (χ1v) is 44.5. The van der Waals surface area contributed by atoms with Crippen molar-refractivity contribution in [1.82, 2.24) is 49.3 Å². The number of aromatic hydroxyl groups is 1. The molecule has 6 aliphatic rings. The van der Waals surface area contributed by atoms with E-state index in [1.165, 1.54) is 54.3 Å². The van der Waals surface area contributed by atoms with Crippen LogP contribution < -0.4 is 26.5 Å². The van der Waals surface area contributed by atoms with E-state index >= 15 is 0 Å². The van der Waals surface area contributed by atoms with Gasteiger partial charge in [-0.15, -0.1) is 0 Å². The highest BCUT2D eigenvalue weighted by molar-refractivity contribution is 8.77. The second-order valence-corrected chi connectivity index (χ2v) is 35.8. The molecule has 2 amide bonds. The molecule has 0 saturated carbocycles. The van der Waals surface area contributed by atoms with Crippen molar-refractivity contribution < 1.29 is 76.6 Å². The number of rotatable bonds is 27. The van der Waals surface area contributed by atoms with Gasteiger partial charge in [-0.3, -0.25) is 29.0 Å². The van der Waals surface area contributed by atoms with Crippen LogP contribution >= 0.6 is 43.2 Å². The molecule has 0 aliphatic carbocycles. The maximum Gasteiger partial charge on any atom is 0.514 e. The highest BCUT2D eigenvalue weighted by atomic mass is 33.1. The summed E-state index contributed by atoms with van der Waals surface area (Å²) in [5.41, 5.74) is 6.43. The Hall–Kier alpha value is -9.67. The molecule has 3 N–H and O–H groups in total. The summed E-state index contributed by atoms with van der Waals surface area (Å²) in [6, 6.07) is 29.0. The number of carbonyl (C=O) groups is 7. The Balaban J connectivity index is 0.000000205. The molecule has 32 heteroatoms. The van der Waals surface area contributed by atoms with Crippen molar-refractivity contribution in [3.05, 3.63) is 185 Å². The molecule has 4 aromatic heterocycles. The SMILES string of the molecule is CCc1c2c(nc3ccc(O)cc13)-c1cc3c(c(=O)n1C2)COC(=O)[C@@]3(CC)OC(=O)OCCSSCCNC(=O)c1ccc(CN2CCN(C)CC2)cc1.CCc1c2c(nc3ccc(OC(=O)OC(C)(C)C)cc13)-c1cc3c(c(=O)n1C2)COC(=O)[C@@]3(CC)OC(=O)OCCSSCCNC(=O)c1ccc(CN2CCN(C)CC2)cc1. The molecule has 0 radical (unpaired) electrons. The average Bonchev–Trinajstić information content (AvgIpc) is 1.64. The molecule has 0 spiro atoms. The minimum atomic E-state index is -1.91. The lowest BCUT2D eigenvalue weighted by Gasteiger charge is -2.35. The van der Waals surface area contributed by atoms with Crippen molar-refractivity contribution in [2.45, 2.75) is 130 Å².